The molecular formula is C23H29N3O3. The number of nitrogens with one attached hydrogen (secondary N) is 1. The van der Waals surface area contributed by atoms with Gasteiger partial charge in [-0.3, -0.25) is 14.4 Å². The molecule has 1 atom stereocenters. The highest BCUT2D eigenvalue weighted by atomic mass is 16.2. The topological polar surface area (TPSA) is 69.7 Å². The van der Waals surface area contributed by atoms with Crippen LogP contribution >= 0.6 is 0 Å². The van der Waals surface area contributed by atoms with E-state index in [2.05, 4.69) is 11.2 Å². The van der Waals surface area contributed by atoms with Gasteiger partial charge in [0.25, 0.3) is 0 Å². The molecule has 0 spiro atoms. The van der Waals surface area contributed by atoms with Crippen LogP contribution in [0.25, 0.3) is 0 Å². The van der Waals surface area contributed by atoms with Gasteiger partial charge in [-0.25, -0.2) is 0 Å². The van der Waals surface area contributed by atoms with E-state index >= 15 is 0 Å². The first kappa shape index (κ1) is 20.9. The number of likely N-dealkylation sites (N-methyl/N-ethyl adjacent to an activating group) is 1. The maximum Gasteiger partial charge on any atom is 0.245 e. The lowest BCUT2D eigenvalue weighted by atomic mass is 9.88. The number of carbonyl (C=O) groups excluding carboxylic acids is 3. The SMILES string of the molecule is C#Cc1cccc(NC(=O)CN(C)C(=O)C2CCCN2C(=O)C2CCCCC2)c1. The fraction of sp³-hybridized carbons (Fsp3) is 0.522. The van der Waals surface area contributed by atoms with Crippen LogP contribution in [0.2, 0.25) is 0 Å². The largest absolute Gasteiger partial charge is 0.335 e. The van der Waals surface area contributed by atoms with Crippen molar-refractivity contribution in [3.05, 3.63) is 29.8 Å². The van der Waals surface area contributed by atoms with Crippen LogP contribution in [0.3, 0.4) is 0 Å². The van der Waals surface area contributed by atoms with Gasteiger partial charge in [0.2, 0.25) is 17.7 Å². The maximum absolute atomic E-state index is 13.0. The van der Waals surface area contributed by atoms with Crippen molar-refractivity contribution in [3.63, 3.8) is 0 Å². The fourth-order valence-electron chi connectivity index (χ4n) is 4.31. The maximum atomic E-state index is 13.0. The molecule has 6 nitrogen and oxygen atoms in total. The van der Waals surface area contributed by atoms with Crippen LogP contribution in [-0.4, -0.2) is 53.7 Å². The van der Waals surface area contributed by atoms with Crippen LogP contribution < -0.4 is 5.32 Å². The summed E-state index contributed by atoms with van der Waals surface area (Å²) in [5.41, 5.74) is 1.27. The third-order valence-electron chi connectivity index (χ3n) is 5.85. The third-order valence-corrected chi connectivity index (χ3v) is 5.85. The number of rotatable bonds is 5. The lowest BCUT2D eigenvalue weighted by Crippen LogP contribution is -2.49. The highest BCUT2D eigenvalue weighted by Crippen LogP contribution is 2.29. The molecule has 1 saturated carbocycles. The van der Waals surface area contributed by atoms with Crippen molar-refractivity contribution in [2.75, 3.05) is 25.5 Å². The number of terminal acetylenes is 1. The van der Waals surface area contributed by atoms with Gasteiger partial charge in [-0.1, -0.05) is 31.2 Å². The average molecular weight is 396 g/mol. The molecule has 1 N–H and O–H groups in total. The standard InChI is InChI=1S/C23H29N3O3/c1-3-17-9-7-12-19(15-17)24-21(27)16-25(2)23(29)20-13-8-14-26(20)22(28)18-10-5-4-6-11-18/h1,7,9,12,15,18,20H,4-6,8,10-11,13-14,16H2,2H3,(H,24,27). The summed E-state index contributed by atoms with van der Waals surface area (Å²) in [4.78, 5) is 41.4. The van der Waals surface area contributed by atoms with E-state index in [4.69, 9.17) is 6.42 Å². The van der Waals surface area contributed by atoms with Crippen LogP contribution in [0, 0.1) is 18.3 Å². The van der Waals surface area contributed by atoms with E-state index in [9.17, 15) is 14.4 Å². The van der Waals surface area contributed by atoms with Gasteiger partial charge in [0.05, 0.1) is 6.54 Å². The molecule has 1 aliphatic carbocycles. The van der Waals surface area contributed by atoms with Gasteiger partial charge in [0.15, 0.2) is 0 Å². The summed E-state index contributed by atoms with van der Waals surface area (Å²) in [5, 5.41) is 2.77. The molecule has 1 saturated heterocycles. The molecule has 1 aliphatic heterocycles. The van der Waals surface area contributed by atoms with E-state index in [0.717, 1.165) is 32.1 Å². The van der Waals surface area contributed by atoms with Gasteiger partial charge in [0.1, 0.15) is 6.04 Å². The number of amides is 3. The number of anilines is 1. The Morgan fingerprint density at radius 3 is 2.66 bits per heavy atom. The summed E-state index contributed by atoms with van der Waals surface area (Å²) < 4.78 is 0. The number of hydrogen-bond acceptors (Lipinski definition) is 3. The first-order valence-corrected chi connectivity index (χ1v) is 10.4. The third kappa shape index (κ3) is 5.17. The number of carbonyl (C=O) groups is 3. The van der Waals surface area contributed by atoms with Crippen LogP contribution in [0.4, 0.5) is 5.69 Å². The molecule has 2 fully saturated rings. The Kier molecular flexibility index (Phi) is 6.92. The zero-order valence-corrected chi connectivity index (χ0v) is 17.0. The molecule has 1 aromatic carbocycles. The van der Waals surface area contributed by atoms with Crippen molar-refractivity contribution in [2.45, 2.75) is 51.0 Å². The molecule has 29 heavy (non-hydrogen) atoms. The highest BCUT2D eigenvalue weighted by molar-refractivity contribution is 5.96. The molecule has 1 aromatic rings. The van der Waals surface area contributed by atoms with Gasteiger partial charge in [0, 0.05) is 30.8 Å². The predicted octanol–water partition coefficient (Wildman–Crippen LogP) is 2.64. The summed E-state index contributed by atoms with van der Waals surface area (Å²) in [6.45, 7) is 0.561. The van der Waals surface area contributed by atoms with Crippen molar-refractivity contribution in [3.8, 4) is 12.3 Å². The molecule has 154 valence electrons. The fourth-order valence-corrected chi connectivity index (χ4v) is 4.31. The summed E-state index contributed by atoms with van der Waals surface area (Å²) >= 11 is 0. The first-order valence-electron chi connectivity index (χ1n) is 10.4. The van der Waals surface area contributed by atoms with Crippen molar-refractivity contribution in [2.24, 2.45) is 5.92 Å². The predicted molar refractivity (Wildman–Crippen MR) is 112 cm³/mol. The summed E-state index contributed by atoms with van der Waals surface area (Å²) in [6, 6.07) is 6.56. The van der Waals surface area contributed by atoms with E-state index in [1.807, 2.05) is 0 Å². The number of benzene rings is 1. The summed E-state index contributed by atoms with van der Waals surface area (Å²) in [7, 11) is 1.61. The Morgan fingerprint density at radius 1 is 1.17 bits per heavy atom. The molecule has 2 aliphatic rings. The minimum Gasteiger partial charge on any atom is -0.335 e. The van der Waals surface area contributed by atoms with Crippen molar-refractivity contribution in [1.82, 2.24) is 9.80 Å². The Labute approximate surface area is 172 Å². The zero-order chi connectivity index (χ0) is 20.8. The van der Waals surface area contributed by atoms with Crippen LogP contribution in [-0.2, 0) is 14.4 Å². The van der Waals surface area contributed by atoms with E-state index in [-0.39, 0.29) is 30.2 Å². The van der Waals surface area contributed by atoms with Crippen molar-refractivity contribution in [1.29, 1.82) is 0 Å². The normalized spacial score (nSPS) is 19.4. The first-order chi connectivity index (χ1) is 14.0. The molecule has 0 aromatic heterocycles. The second kappa shape index (κ2) is 9.60. The molecule has 3 amide bonds. The average Bonchev–Trinajstić information content (AvgIpc) is 3.23. The van der Waals surface area contributed by atoms with Crippen molar-refractivity contribution < 1.29 is 14.4 Å². The molecule has 6 heteroatoms. The van der Waals surface area contributed by atoms with E-state index in [1.165, 1.54) is 11.3 Å². The molecule has 1 unspecified atom stereocenters. The highest BCUT2D eigenvalue weighted by Gasteiger charge is 2.38. The monoisotopic (exact) mass is 395 g/mol. The van der Waals surface area contributed by atoms with E-state index in [1.54, 1.807) is 36.2 Å². The Hall–Kier alpha value is -2.81. The molecule has 0 bridgehead atoms. The second-order valence-corrected chi connectivity index (χ2v) is 7.99. The molecular weight excluding hydrogens is 366 g/mol. The minimum atomic E-state index is -0.452. The van der Waals surface area contributed by atoms with Gasteiger partial charge in [-0.2, -0.15) is 0 Å². The number of nitrogens with zero attached hydrogens (tertiary/aromatic N) is 2. The van der Waals surface area contributed by atoms with Gasteiger partial charge < -0.3 is 15.1 Å². The van der Waals surface area contributed by atoms with Crippen molar-refractivity contribution >= 4 is 23.4 Å². The Morgan fingerprint density at radius 2 is 1.93 bits per heavy atom. The van der Waals surface area contributed by atoms with Gasteiger partial charge in [-0.15, -0.1) is 6.42 Å². The van der Waals surface area contributed by atoms with Crippen LogP contribution in [0.1, 0.15) is 50.5 Å². The molecule has 0 radical (unpaired) electrons. The summed E-state index contributed by atoms with van der Waals surface area (Å²) in [5.74, 6) is 2.23. The smallest absolute Gasteiger partial charge is 0.245 e. The van der Waals surface area contributed by atoms with E-state index < -0.39 is 6.04 Å². The number of hydrogen-bond donors (Lipinski definition) is 1. The second-order valence-electron chi connectivity index (χ2n) is 7.99. The molecule has 3 rings (SSSR count). The van der Waals surface area contributed by atoms with Gasteiger partial charge in [-0.05, 0) is 43.9 Å². The minimum absolute atomic E-state index is 0.0502. The van der Waals surface area contributed by atoms with Crippen LogP contribution in [0.15, 0.2) is 24.3 Å². The Balaban J connectivity index is 1.57. The lowest BCUT2D eigenvalue weighted by Gasteiger charge is -2.31. The summed E-state index contributed by atoms with van der Waals surface area (Å²) in [6.07, 6.45) is 12.1. The lowest BCUT2D eigenvalue weighted by molar-refractivity contribution is -0.146. The Bertz CT molecular complexity index is 808. The number of likely N-dealkylation sites (tertiary alicyclic amines) is 1. The quantitative estimate of drug-likeness (QED) is 0.780. The van der Waals surface area contributed by atoms with E-state index in [0.29, 0.717) is 24.2 Å². The molecule has 1 heterocycles. The van der Waals surface area contributed by atoms with Crippen LogP contribution in [0.5, 0.6) is 0 Å². The zero-order valence-electron chi connectivity index (χ0n) is 17.0. The van der Waals surface area contributed by atoms with Gasteiger partial charge >= 0.3 is 0 Å².